The highest BCUT2D eigenvalue weighted by Crippen LogP contribution is 2.19. The third-order valence-corrected chi connectivity index (χ3v) is 4.76. The van der Waals surface area contributed by atoms with E-state index in [1.807, 2.05) is 24.3 Å². The van der Waals surface area contributed by atoms with Gasteiger partial charge >= 0.3 is 0 Å². The third-order valence-electron chi connectivity index (χ3n) is 3.14. The summed E-state index contributed by atoms with van der Waals surface area (Å²) < 4.78 is 0. The smallest absolute Gasteiger partial charge is 0.230 e. The fraction of sp³-hybridized carbons (Fsp3) is 0.500. The molecule has 0 spiro atoms. The molecule has 0 saturated carbocycles. The van der Waals surface area contributed by atoms with Crippen molar-refractivity contribution < 1.29 is 4.79 Å². The van der Waals surface area contributed by atoms with Gasteiger partial charge in [-0.1, -0.05) is 23.7 Å². The maximum absolute atomic E-state index is 11.8. The molecule has 0 atom stereocenters. The van der Waals surface area contributed by atoms with E-state index in [1.165, 1.54) is 0 Å². The SMILES string of the molecule is O=C(CSC1CCNCC1)NCc1ccc(Cl)cc1. The van der Waals surface area contributed by atoms with Crippen LogP contribution in [0, 0.1) is 0 Å². The summed E-state index contributed by atoms with van der Waals surface area (Å²) in [5, 5.41) is 7.61. The molecular formula is C14H19ClN2OS. The Morgan fingerprint density at radius 2 is 2.00 bits per heavy atom. The van der Waals surface area contributed by atoms with Gasteiger partial charge < -0.3 is 10.6 Å². The average Bonchev–Trinajstić information content (AvgIpc) is 2.45. The number of halogens is 1. The van der Waals surface area contributed by atoms with Crippen molar-refractivity contribution in [1.82, 2.24) is 10.6 Å². The van der Waals surface area contributed by atoms with Crippen molar-refractivity contribution in [2.75, 3.05) is 18.8 Å². The summed E-state index contributed by atoms with van der Waals surface area (Å²) in [6.45, 7) is 2.72. The lowest BCUT2D eigenvalue weighted by molar-refractivity contribution is -0.118. The monoisotopic (exact) mass is 298 g/mol. The first kappa shape index (κ1) is 14.7. The van der Waals surface area contributed by atoms with Crippen LogP contribution in [-0.4, -0.2) is 30.0 Å². The molecule has 2 rings (SSSR count). The molecule has 19 heavy (non-hydrogen) atoms. The maximum Gasteiger partial charge on any atom is 0.230 e. The molecule has 0 bridgehead atoms. The van der Waals surface area contributed by atoms with Crippen molar-refractivity contribution in [2.24, 2.45) is 0 Å². The van der Waals surface area contributed by atoms with E-state index in [9.17, 15) is 4.79 Å². The van der Waals surface area contributed by atoms with Crippen LogP contribution < -0.4 is 10.6 Å². The molecule has 5 heteroatoms. The summed E-state index contributed by atoms with van der Waals surface area (Å²) in [7, 11) is 0. The standard InChI is InChI=1S/C14H19ClN2OS/c15-12-3-1-11(2-4-12)9-17-14(18)10-19-13-5-7-16-8-6-13/h1-4,13,16H,5-10H2,(H,17,18). The summed E-state index contributed by atoms with van der Waals surface area (Å²) in [6.07, 6.45) is 2.32. The van der Waals surface area contributed by atoms with Crippen LogP contribution in [-0.2, 0) is 11.3 Å². The number of nitrogens with one attached hydrogen (secondary N) is 2. The van der Waals surface area contributed by atoms with Gasteiger partial charge in [0, 0.05) is 16.8 Å². The molecule has 104 valence electrons. The van der Waals surface area contributed by atoms with Crippen LogP contribution in [0.3, 0.4) is 0 Å². The molecule has 1 aromatic carbocycles. The van der Waals surface area contributed by atoms with Crippen molar-refractivity contribution in [1.29, 1.82) is 0 Å². The van der Waals surface area contributed by atoms with E-state index in [1.54, 1.807) is 11.8 Å². The first-order chi connectivity index (χ1) is 9.24. The molecule has 0 unspecified atom stereocenters. The van der Waals surface area contributed by atoms with Crippen molar-refractivity contribution in [3.8, 4) is 0 Å². The van der Waals surface area contributed by atoms with Gasteiger partial charge in [0.25, 0.3) is 0 Å². The van der Waals surface area contributed by atoms with Gasteiger partial charge in [0.15, 0.2) is 0 Å². The van der Waals surface area contributed by atoms with Gasteiger partial charge in [-0.05, 0) is 43.6 Å². The Bertz CT molecular complexity index is 404. The predicted octanol–water partition coefficient (Wildman–Crippen LogP) is 2.44. The summed E-state index contributed by atoms with van der Waals surface area (Å²) in [4.78, 5) is 11.8. The molecule has 1 saturated heterocycles. The van der Waals surface area contributed by atoms with E-state index in [-0.39, 0.29) is 5.91 Å². The van der Waals surface area contributed by atoms with Gasteiger partial charge in [-0.25, -0.2) is 0 Å². The largest absolute Gasteiger partial charge is 0.351 e. The number of hydrogen-bond donors (Lipinski definition) is 2. The number of thioether (sulfide) groups is 1. The number of carbonyl (C=O) groups excluding carboxylic acids is 1. The molecule has 1 fully saturated rings. The zero-order valence-corrected chi connectivity index (χ0v) is 12.4. The molecule has 3 nitrogen and oxygen atoms in total. The zero-order valence-electron chi connectivity index (χ0n) is 10.8. The summed E-state index contributed by atoms with van der Waals surface area (Å²) in [5.74, 6) is 0.664. The second-order valence-electron chi connectivity index (χ2n) is 4.66. The predicted molar refractivity (Wildman–Crippen MR) is 81.6 cm³/mol. The third kappa shape index (κ3) is 5.43. The van der Waals surface area contributed by atoms with Crippen LogP contribution in [0.2, 0.25) is 5.02 Å². The van der Waals surface area contributed by atoms with Crippen LogP contribution in [0.25, 0.3) is 0 Å². The molecule has 2 N–H and O–H groups in total. The van der Waals surface area contributed by atoms with Gasteiger partial charge in [0.1, 0.15) is 0 Å². The Kier molecular flexibility index (Phi) is 6.01. The van der Waals surface area contributed by atoms with E-state index >= 15 is 0 Å². The van der Waals surface area contributed by atoms with E-state index in [4.69, 9.17) is 11.6 Å². The number of amides is 1. The Hall–Kier alpha value is -0.710. The molecule has 1 aliphatic heterocycles. The van der Waals surface area contributed by atoms with E-state index < -0.39 is 0 Å². The number of hydrogen-bond acceptors (Lipinski definition) is 3. The van der Waals surface area contributed by atoms with Crippen LogP contribution in [0.15, 0.2) is 24.3 Å². The van der Waals surface area contributed by atoms with Crippen molar-refractivity contribution in [3.05, 3.63) is 34.9 Å². The molecule has 1 aliphatic rings. The van der Waals surface area contributed by atoms with Crippen LogP contribution >= 0.6 is 23.4 Å². The second-order valence-corrected chi connectivity index (χ2v) is 6.39. The van der Waals surface area contributed by atoms with Crippen molar-refractivity contribution >= 4 is 29.3 Å². The minimum atomic E-state index is 0.110. The Labute approximate surface area is 123 Å². The highest BCUT2D eigenvalue weighted by Gasteiger charge is 2.14. The number of benzene rings is 1. The lowest BCUT2D eigenvalue weighted by atomic mass is 10.2. The maximum atomic E-state index is 11.8. The van der Waals surface area contributed by atoms with Gasteiger partial charge in [0.05, 0.1) is 5.75 Å². The normalized spacial score (nSPS) is 16.3. The molecule has 1 heterocycles. The summed E-state index contributed by atoms with van der Waals surface area (Å²) >= 11 is 7.58. The summed E-state index contributed by atoms with van der Waals surface area (Å²) in [6, 6.07) is 7.55. The molecule has 1 amide bonds. The van der Waals surface area contributed by atoms with Gasteiger partial charge in [-0.15, -0.1) is 11.8 Å². The van der Waals surface area contributed by atoms with Gasteiger partial charge in [-0.3, -0.25) is 4.79 Å². The number of piperidine rings is 1. The zero-order chi connectivity index (χ0) is 13.5. The number of rotatable bonds is 5. The second kappa shape index (κ2) is 7.78. The molecule has 0 radical (unpaired) electrons. The lowest BCUT2D eigenvalue weighted by Crippen LogP contribution is -2.31. The average molecular weight is 299 g/mol. The van der Waals surface area contributed by atoms with Gasteiger partial charge in [-0.2, -0.15) is 0 Å². The molecular weight excluding hydrogens is 280 g/mol. The Morgan fingerprint density at radius 3 is 2.68 bits per heavy atom. The van der Waals surface area contributed by atoms with Crippen molar-refractivity contribution in [2.45, 2.75) is 24.6 Å². The van der Waals surface area contributed by atoms with Crippen molar-refractivity contribution in [3.63, 3.8) is 0 Å². The fourth-order valence-corrected chi connectivity index (χ4v) is 3.19. The lowest BCUT2D eigenvalue weighted by Gasteiger charge is -2.21. The highest BCUT2D eigenvalue weighted by molar-refractivity contribution is 8.00. The minimum Gasteiger partial charge on any atom is -0.351 e. The van der Waals surface area contributed by atoms with E-state index in [0.717, 1.165) is 36.5 Å². The highest BCUT2D eigenvalue weighted by atomic mass is 35.5. The Morgan fingerprint density at radius 1 is 1.32 bits per heavy atom. The quantitative estimate of drug-likeness (QED) is 0.877. The topological polar surface area (TPSA) is 41.1 Å². The fourth-order valence-electron chi connectivity index (χ4n) is 2.01. The summed E-state index contributed by atoms with van der Waals surface area (Å²) in [5.41, 5.74) is 1.07. The van der Waals surface area contributed by atoms with E-state index in [0.29, 0.717) is 17.5 Å². The molecule has 1 aromatic rings. The van der Waals surface area contributed by atoms with Crippen LogP contribution in [0.5, 0.6) is 0 Å². The van der Waals surface area contributed by atoms with Crippen LogP contribution in [0.1, 0.15) is 18.4 Å². The Balaban J connectivity index is 1.65. The van der Waals surface area contributed by atoms with E-state index in [2.05, 4.69) is 10.6 Å². The van der Waals surface area contributed by atoms with Crippen LogP contribution in [0.4, 0.5) is 0 Å². The molecule has 0 aliphatic carbocycles. The minimum absolute atomic E-state index is 0.110. The first-order valence-corrected chi connectivity index (χ1v) is 8.00. The number of carbonyl (C=O) groups is 1. The first-order valence-electron chi connectivity index (χ1n) is 6.57. The molecule has 0 aromatic heterocycles. The van der Waals surface area contributed by atoms with Gasteiger partial charge in [0.2, 0.25) is 5.91 Å².